The molecule has 3 rings (SSSR count). The Morgan fingerprint density at radius 3 is 2.44 bits per heavy atom. The van der Waals surface area contributed by atoms with Gasteiger partial charge in [0.05, 0.1) is 10.5 Å². The van der Waals surface area contributed by atoms with Gasteiger partial charge in [-0.15, -0.1) is 0 Å². The minimum Gasteiger partial charge on any atom is -0.439 e. The number of hydrogen-bond donors (Lipinski definition) is 0. The van der Waals surface area contributed by atoms with Gasteiger partial charge >= 0.3 is 12.3 Å². The molecular weight excluding hydrogens is 365 g/mol. The fraction of sp³-hybridized carbons (Fsp3) is 0.429. The predicted molar refractivity (Wildman–Crippen MR) is 76.8 cm³/mol. The van der Waals surface area contributed by atoms with E-state index in [1.807, 2.05) is 0 Å². The maximum atomic E-state index is 12.7. The second-order valence-corrected chi connectivity index (χ2v) is 7.71. The zero-order valence-electron chi connectivity index (χ0n) is 12.7. The van der Waals surface area contributed by atoms with Gasteiger partial charge < -0.3 is 4.74 Å². The average Bonchev–Trinajstić information content (AvgIpc) is 2.80. The molecule has 1 aromatic carbocycles. The number of ether oxygens (including phenoxy) is 1. The first kappa shape index (κ1) is 17.7. The largest absolute Gasteiger partial charge is 0.439 e. The van der Waals surface area contributed by atoms with Crippen LogP contribution in [0.25, 0.3) is 0 Å². The summed E-state index contributed by atoms with van der Waals surface area (Å²) in [5.41, 5.74) is -1.05. The van der Waals surface area contributed by atoms with Crippen molar-refractivity contribution in [1.29, 1.82) is 0 Å². The zero-order chi connectivity index (χ0) is 18.4. The van der Waals surface area contributed by atoms with Crippen LogP contribution >= 0.6 is 0 Å². The topological polar surface area (TPSA) is 84.0 Å². The highest BCUT2D eigenvalue weighted by atomic mass is 32.2. The van der Waals surface area contributed by atoms with Crippen LogP contribution in [0.4, 0.5) is 18.0 Å². The number of benzene rings is 1. The summed E-state index contributed by atoms with van der Waals surface area (Å²) in [4.78, 5) is 23.2. The summed E-state index contributed by atoms with van der Waals surface area (Å²) in [5, 5.41) is 0. The van der Waals surface area contributed by atoms with E-state index in [0.29, 0.717) is 6.07 Å². The summed E-state index contributed by atoms with van der Waals surface area (Å²) in [5.74, 6) is -0.778. The summed E-state index contributed by atoms with van der Waals surface area (Å²) in [6.45, 7) is -0.296. The Labute approximate surface area is 141 Å². The van der Waals surface area contributed by atoms with Crippen molar-refractivity contribution in [1.82, 2.24) is 9.21 Å². The first-order valence-electron chi connectivity index (χ1n) is 7.23. The number of halogens is 3. The van der Waals surface area contributed by atoms with E-state index < -0.39 is 38.7 Å². The van der Waals surface area contributed by atoms with Crippen molar-refractivity contribution in [3.8, 4) is 0 Å². The Hall–Kier alpha value is -2.14. The van der Waals surface area contributed by atoms with E-state index in [1.54, 1.807) is 0 Å². The van der Waals surface area contributed by atoms with E-state index in [2.05, 4.69) is 4.74 Å². The molecule has 0 aliphatic carbocycles. The SMILES string of the molecule is O=C1COC(=O)N1CC1CN(S(=O)(=O)c2cccc(C(F)(F)F)c2)C1. The van der Waals surface area contributed by atoms with Crippen molar-refractivity contribution >= 4 is 22.0 Å². The Morgan fingerprint density at radius 2 is 1.88 bits per heavy atom. The van der Waals surface area contributed by atoms with E-state index in [1.165, 1.54) is 0 Å². The number of nitrogens with zero attached hydrogens (tertiary/aromatic N) is 2. The maximum Gasteiger partial charge on any atom is 0.417 e. The monoisotopic (exact) mass is 378 g/mol. The molecule has 0 spiro atoms. The third kappa shape index (κ3) is 3.33. The highest BCUT2D eigenvalue weighted by Gasteiger charge is 2.41. The summed E-state index contributed by atoms with van der Waals surface area (Å²) in [6, 6.07) is 3.51. The van der Waals surface area contributed by atoms with Crippen molar-refractivity contribution in [3.05, 3.63) is 29.8 Å². The van der Waals surface area contributed by atoms with E-state index in [9.17, 15) is 31.2 Å². The molecule has 2 saturated heterocycles. The van der Waals surface area contributed by atoms with Crippen LogP contribution < -0.4 is 0 Å². The van der Waals surface area contributed by atoms with Gasteiger partial charge in [-0.05, 0) is 18.2 Å². The molecule has 2 fully saturated rings. The predicted octanol–water partition coefficient (Wildman–Crippen LogP) is 1.30. The van der Waals surface area contributed by atoms with Crippen LogP contribution in [-0.2, 0) is 25.7 Å². The lowest BCUT2D eigenvalue weighted by Gasteiger charge is -2.39. The van der Waals surface area contributed by atoms with Gasteiger partial charge in [-0.1, -0.05) is 6.07 Å². The third-order valence-electron chi connectivity index (χ3n) is 4.00. The lowest BCUT2D eigenvalue weighted by Crippen LogP contribution is -2.54. The number of hydrogen-bond acceptors (Lipinski definition) is 5. The number of carbonyl (C=O) groups is 2. The Kier molecular flexibility index (Phi) is 4.23. The average molecular weight is 378 g/mol. The van der Waals surface area contributed by atoms with Gasteiger partial charge in [-0.3, -0.25) is 4.79 Å². The minimum atomic E-state index is -4.64. The van der Waals surface area contributed by atoms with E-state index in [-0.39, 0.29) is 32.2 Å². The second kappa shape index (κ2) is 5.99. The third-order valence-corrected chi connectivity index (χ3v) is 5.83. The van der Waals surface area contributed by atoms with Crippen molar-refractivity contribution < 1.29 is 35.9 Å². The summed E-state index contributed by atoms with van der Waals surface area (Å²) in [6.07, 6.45) is -5.41. The van der Waals surface area contributed by atoms with Gasteiger partial charge in [0.25, 0.3) is 5.91 Å². The maximum absolute atomic E-state index is 12.7. The lowest BCUT2D eigenvalue weighted by atomic mass is 10.0. The number of alkyl halides is 3. The van der Waals surface area contributed by atoms with E-state index in [4.69, 9.17) is 0 Å². The van der Waals surface area contributed by atoms with Crippen LogP contribution in [0.5, 0.6) is 0 Å². The first-order valence-corrected chi connectivity index (χ1v) is 8.67. The highest BCUT2D eigenvalue weighted by Crippen LogP contribution is 2.32. The Bertz CT molecular complexity index is 802. The quantitative estimate of drug-likeness (QED) is 0.789. The molecule has 0 unspecified atom stereocenters. The number of amides is 2. The smallest absolute Gasteiger partial charge is 0.417 e. The minimum absolute atomic E-state index is 0.00956. The molecule has 0 N–H and O–H groups in total. The molecule has 1 aromatic rings. The number of sulfonamides is 1. The van der Waals surface area contributed by atoms with E-state index >= 15 is 0 Å². The summed E-state index contributed by atoms with van der Waals surface area (Å²) >= 11 is 0. The number of rotatable bonds is 4. The molecule has 0 bridgehead atoms. The molecule has 7 nitrogen and oxygen atoms in total. The van der Waals surface area contributed by atoms with Gasteiger partial charge in [0.2, 0.25) is 10.0 Å². The number of imide groups is 1. The number of cyclic esters (lactones) is 1. The van der Waals surface area contributed by atoms with Crippen LogP contribution in [0.15, 0.2) is 29.2 Å². The molecule has 2 aliphatic heterocycles. The molecule has 2 heterocycles. The highest BCUT2D eigenvalue weighted by molar-refractivity contribution is 7.89. The van der Waals surface area contributed by atoms with Crippen LogP contribution in [0.1, 0.15) is 5.56 Å². The summed E-state index contributed by atoms with van der Waals surface area (Å²) < 4.78 is 68.5. The fourth-order valence-corrected chi connectivity index (χ4v) is 4.27. The van der Waals surface area contributed by atoms with Gasteiger partial charge in [-0.25, -0.2) is 18.1 Å². The Morgan fingerprint density at radius 1 is 1.20 bits per heavy atom. The molecule has 25 heavy (non-hydrogen) atoms. The second-order valence-electron chi connectivity index (χ2n) is 5.77. The van der Waals surface area contributed by atoms with Gasteiger partial charge in [0, 0.05) is 25.6 Å². The molecule has 2 amide bonds. The van der Waals surface area contributed by atoms with Gasteiger partial charge in [0.1, 0.15) is 0 Å². The van der Waals surface area contributed by atoms with Crippen molar-refractivity contribution in [2.24, 2.45) is 5.92 Å². The van der Waals surface area contributed by atoms with Gasteiger partial charge in [0.15, 0.2) is 6.61 Å². The van der Waals surface area contributed by atoms with Crippen molar-refractivity contribution in [3.63, 3.8) is 0 Å². The normalized spacial score (nSPS) is 19.9. The summed E-state index contributed by atoms with van der Waals surface area (Å²) in [7, 11) is -4.06. The molecule has 2 aliphatic rings. The van der Waals surface area contributed by atoms with Crippen LogP contribution in [0, 0.1) is 5.92 Å². The standard InChI is InChI=1S/C14H13F3N2O5S/c15-14(16,17)10-2-1-3-11(4-10)25(22,23)18-5-9(6-18)7-19-12(20)8-24-13(19)21/h1-4,9H,5-8H2. The van der Waals surface area contributed by atoms with Crippen molar-refractivity contribution in [2.75, 3.05) is 26.2 Å². The molecule has 0 atom stereocenters. The van der Waals surface area contributed by atoms with Crippen LogP contribution in [-0.4, -0.2) is 55.9 Å². The molecule has 11 heteroatoms. The zero-order valence-corrected chi connectivity index (χ0v) is 13.5. The van der Waals surface area contributed by atoms with Gasteiger partial charge in [-0.2, -0.15) is 17.5 Å². The molecule has 0 saturated carbocycles. The molecule has 0 radical (unpaired) electrons. The molecule has 136 valence electrons. The van der Waals surface area contributed by atoms with Crippen molar-refractivity contribution in [2.45, 2.75) is 11.1 Å². The molecular formula is C14H13F3N2O5S. The van der Waals surface area contributed by atoms with Crippen LogP contribution in [0.2, 0.25) is 0 Å². The Balaban J connectivity index is 1.67. The molecule has 0 aromatic heterocycles. The van der Waals surface area contributed by atoms with E-state index in [0.717, 1.165) is 27.4 Å². The first-order chi connectivity index (χ1) is 11.6. The number of carbonyl (C=O) groups excluding carboxylic acids is 2. The lowest BCUT2D eigenvalue weighted by molar-refractivity contribution is -0.137. The fourth-order valence-electron chi connectivity index (χ4n) is 2.63. The van der Waals surface area contributed by atoms with Crippen LogP contribution in [0.3, 0.4) is 0 Å².